The Morgan fingerprint density at radius 3 is 2.48 bits per heavy atom. The van der Waals surface area contributed by atoms with E-state index in [1.54, 1.807) is 11.7 Å². The van der Waals surface area contributed by atoms with Gasteiger partial charge in [-0.25, -0.2) is 4.68 Å². The fourth-order valence-corrected chi connectivity index (χ4v) is 4.71. The van der Waals surface area contributed by atoms with Gasteiger partial charge in [0.2, 0.25) is 11.8 Å². The fourth-order valence-electron chi connectivity index (χ4n) is 4.71. The van der Waals surface area contributed by atoms with Gasteiger partial charge in [-0.05, 0) is 23.8 Å². The van der Waals surface area contributed by atoms with Crippen LogP contribution in [0.1, 0.15) is 57.3 Å². The second-order valence-corrected chi connectivity index (χ2v) is 9.81. The lowest BCUT2D eigenvalue weighted by Crippen LogP contribution is -2.49. The summed E-state index contributed by atoms with van der Waals surface area (Å²) in [6.45, 7) is 6.06. The molecule has 31 heavy (non-hydrogen) atoms. The average molecular weight is 426 g/mol. The second kappa shape index (κ2) is 7.75. The van der Waals surface area contributed by atoms with Gasteiger partial charge < -0.3 is 15.3 Å². The van der Waals surface area contributed by atoms with Gasteiger partial charge in [-0.3, -0.25) is 9.59 Å². The first-order valence-corrected chi connectivity index (χ1v) is 10.9. The van der Waals surface area contributed by atoms with Crippen LogP contribution in [0.3, 0.4) is 0 Å². The predicted octanol–water partition coefficient (Wildman–Crippen LogP) is 1.65. The van der Waals surface area contributed by atoms with Crippen molar-refractivity contribution in [3.8, 4) is 0 Å². The third kappa shape index (κ3) is 3.84. The van der Waals surface area contributed by atoms with Crippen molar-refractivity contribution in [1.82, 2.24) is 25.2 Å². The average Bonchev–Trinajstić information content (AvgIpc) is 3.24. The lowest BCUT2D eigenvalue weighted by Gasteiger charge is -2.34. The van der Waals surface area contributed by atoms with E-state index in [1.807, 2.05) is 45.2 Å². The summed E-state index contributed by atoms with van der Waals surface area (Å²) in [5.74, 6) is -0.489. The molecule has 2 unspecified atom stereocenters. The van der Waals surface area contributed by atoms with E-state index in [1.165, 1.54) is 10.5 Å². The highest BCUT2D eigenvalue weighted by Gasteiger charge is 2.50. The van der Waals surface area contributed by atoms with Crippen molar-refractivity contribution in [3.63, 3.8) is 0 Å². The highest BCUT2D eigenvalue weighted by atomic mass is 16.3. The van der Waals surface area contributed by atoms with Gasteiger partial charge in [0.15, 0.2) is 0 Å². The second-order valence-electron chi connectivity index (χ2n) is 9.81. The number of benzene rings is 1. The van der Waals surface area contributed by atoms with Crippen LogP contribution in [0.2, 0.25) is 0 Å². The molecule has 2 aliphatic rings. The lowest BCUT2D eigenvalue weighted by molar-refractivity contribution is -0.144. The minimum absolute atomic E-state index is 0.138. The third-order valence-electron chi connectivity index (χ3n) is 6.51. The lowest BCUT2D eigenvalue weighted by atomic mass is 9.85. The number of rotatable bonds is 5. The Hall–Kier alpha value is -2.74. The standard InChI is InChI=1S/C23H31N5O3/c1-22(2,3)19(21(31)27-13-16(29)12-17(27)20(30)24-4)28-14-18(25-26-28)23(10-11-23)15-8-6-5-7-9-15/h5-9,14,16-17,19,29H,10-13H2,1-4H3,(H,24,30)/t16?,17?,19-/m1/s1. The predicted molar refractivity (Wildman–Crippen MR) is 115 cm³/mol. The topological polar surface area (TPSA) is 100 Å². The number of hydrogen-bond acceptors (Lipinski definition) is 5. The zero-order valence-electron chi connectivity index (χ0n) is 18.6. The first-order chi connectivity index (χ1) is 14.7. The molecule has 0 spiro atoms. The van der Waals surface area contributed by atoms with Gasteiger partial charge in [-0.2, -0.15) is 0 Å². The molecule has 2 amide bonds. The van der Waals surface area contributed by atoms with Crippen LogP contribution < -0.4 is 5.32 Å². The minimum atomic E-state index is -0.717. The SMILES string of the molecule is CNC(=O)C1CC(O)CN1C(=O)[C@@H](n1cc(C2(c3ccccc3)CC2)nn1)C(C)(C)C. The number of carbonyl (C=O) groups is 2. The van der Waals surface area contributed by atoms with Crippen molar-refractivity contribution < 1.29 is 14.7 Å². The van der Waals surface area contributed by atoms with E-state index >= 15 is 0 Å². The van der Waals surface area contributed by atoms with E-state index < -0.39 is 23.6 Å². The molecule has 166 valence electrons. The Balaban J connectivity index is 1.66. The molecule has 1 aromatic carbocycles. The Labute approximate surface area is 182 Å². The molecule has 2 heterocycles. The van der Waals surface area contributed by atoms with Crippen LogP contribution in [0, 0.1) is 5.41 Å². The summed E-state index contributed by atoms with van der Waals surface area (Å²) < 4.78 is 1.65. The molecule has 8 nitrogen and oxygen atoms in total. The number of aliphatic hydroxyl groups is 1. The Kier molecular flexibility index (Phi) is 5.37. The van der Waals surface area contributed by atoms with Crippen LogP contribution in [-0.4, -0.2) is 62.6 Å². The van der Waals surface area contributed by atoms with E-state index in [0.717, 1.165) is 18.5 Å². The van der Waals surface area contributed by atoms with Crippen molar-refractivity contribution in [2.75, 3.05) is 13.6 Å². The summed E-state index contributed by atoms with van der Waals surface area (Å²) in [6, 6.07) is 8.95. The molecule has 2 fully saturated rings. The molecule has 3 atom stereocenters. The van der Waals surface area contributed by atoms with E-state index in [2.05, 4.69) is 27.8 Å². The van der Waals surface area contributed by atoms with E-state index in [9.17, 15) is 14.7 Å². The van der Waals surface area contributed by atoms with Crippen LogP contribution in [0.25, 0.3) is 0 Å². The molecule has 4 rings (SSSR count). The van der Waals surface area contributed by atoms with Crippen LogP contribution in [-0.2, 0) is 15.0 Å². The zero-order chi connectivity index (χ0) is 22.4. The third-order valence-corrected chi connectivity index (χ3v) is 6.51. The molecule has 1 saturated heterocycles. The summed E-state index contributed by atoms with van der Waals surface area (Å²) in [5, 5.41) is 21.6. The minimum Gasteiger partial charge on any atom is -0.391 e. The smallest absolute Gasteiger partial charge is 0.248 e. The normalized spacial score (nSPS) is 23.5. The van der Waals surface area contributed by atoms with Crippen molar-refractivity contribution >= 4 is 11.8 Å². The van der Waals surface area contributed by atoms with Gasteiger partial charge in [0.25, 0.3) is 0 Å². The molecule has 2 aromatic rings. The van der Waals surface area contributed by atoms with Gasteiger partial charge in [0, 0.05) is 25.4 Å². The van der Waals surface area contributed by atoms with Gasteiger partial charge in [-0.1, -0.05) is 56.3 Å². The molecule has 1 aromatic heterocycles. The maximum Gasteiger partial charge on any atom is 0.248 e. The van der Waals surface area contributed by atoms with Crippen LogP contribution in [0.15, 0.2) is 36.5 Å². The molecule has 2 N–H and O–H groups in total. The molecule has 1 aliphatic heterocycles. The van der Waals surface area contributed by atoms with Crippen LogP contribution in [0.5, 0.6) is 0 Å². The number of likely N-dealkylation sites (tertiary alicyclic amines) is 1. The number of carbonyl (C=O) groups excluding carboxylic acids is 2. The Morgan fingerprint density at radius 2 is 1.90 bits per heavy atom. The number of hydrogen-bond donors (Lipinski definition) is 2. The number of likely N-dealkylation sites (N-methyl/N-ethyl adjacent to an activating group) is 1. The number of aliphatic hydroxyl groups excluding tert-OH is 1. The number of aromatic nitrogens is 3. The summed E-state index contributed by atoms with van der Waals surface area (Å²) in [6.07, 6.45) is 3.41. The first kappa shape index (κ1) is 21.5. The first-order valence-electron chi connectivity index (χ1n) is 10.9. The van der Waals surface area contributed by atoms with Gasteiger partial charge in [0.1, 0.15) is 12.1 Å². The van der Waals surface area contributed by atoms with Crippen molar-refractivity contribution in [2.45, 2.75) is 63.6 Å². The number of amides is 2. The van der Waals surface area contributed by atoms with E-state index in [-0.39, 0.29) is 30.2 Å². The van der Waals surface area contributed by atoms with Gasteiger partial charge in [-0.15, -0.1) is 5.10 Å². The van der Waals surface area contributed by atoms with Crippen molar-refractivity contribution in [1.29, 1.82) is 0 Å². The maximum absolute atomic E-state index is 13.7. The summed E-state index contributed by atoms with van der Waals surface area (Å²) >= 11 is 0. The quantitative estimate of drug-likeness (QED) is 0.759. The summed E-state index contributed by atoms with van der Waals surface area (Å²) in [7, 11) is 1.54. The Bertz CT molecular complexity index is 961. The molecule has 0 radical (unpaired) electrons. The van der Waals surface area contributed by atoms with Crippen molar-refractivity contribution in [3.05, 3.63) is 47.8 Å². The molecule has 1 aliphatic carbocycles. The monoisotopic (exact) mass is 425 g/mol. The van der Waals surface area contributed by atoms with Gasteiger partial charge >= 0.3 is 0 Å². The van der Waals surface area contributed by atoms with E-state index in [4.69, 9.17) is 0 Å². The molecule has 8 heteroatoms. The number of β-amino-alcohol motifs (C(OH)–C–C–N with tert-alkyl or cyclic N) is 1. The van der Waals surface area contributed by atoms with Crippen LogP contribution in [0.4, 0.5) is 0 Å². The highest BCUT2D eigenvalue weighted by molar-refractivity contribution is 5.90. The molecular weight excluding hydrogens is 394 g/mol. The zero-order valence-corrected chi connectivity index (χ0v) is 18.6. The molecule has 0 bridgehead atoms. The molecular formula is C23H31N5O3. The summed E-state index contributed by atoms with van der Waals surface area (Å²) in [5.41, 5.74) is 1.47. The van der Waals surface area contributed by atoms with Crippen molar-refractivity contribution in [2.24, 2.45) is 5.41 Å². The largest absolute Gasteiger partial charge is 0.391 e. The van der Waals surface area contributed by atoms with Gasteiger partial charge in [0.05, 0.1) is 18.0 Å². The highest BCUT2D eigenvalue weighted by Crippen LogP contribution is 2.52. The van der Waals surface area contributed by atoms with E-state index in [0.29, 0.717) is 0 Å². The fraction of sp³-hybridized carbons (Fsp3) is 0.565. The Morgan fingerprint density at radius 1 is 1.23 bits per heavy atom. The summed E-state index contributed by atoms with van der Waals surface area (Å²) in [4.78, 5) is 27.5. The molecule has 1 saturated carbocycles. The van der Waals surface area contributed by atoms with Crippen LogP contribution >= 0.6 is 0 Å². The number of nitrogens with zero attached hydrogens (tertiary/aromatic N) is 4. The maximum atomic E-state index is 13.7. The number of nitrogens with one attached hydrogen (secondary N) is 1.